The minimum absolute atomic E-state index is 0.435. The SMILES string of the molecule is CCC1/C=C2\Cc3cc4cc(c3)CN3CCN(Cc5cc6cc(c5)CN2CCNCc2cc(cc(c2)CN2CCN(Cc5cc(cc(c5)CN5CCN(C6)C5)C1)C2)CN1CCN(C4)C1)C3. The van der Waals surface area contributed by atoms with Crippen LogP contribution < -0.4 is 5.32 Å². The lowest BCUT2D eigenvalue weighted by atomic mass is 9.91. The summed E-state index contributed by atoms with van der Waals surface area (Å²) in [5, 5.41) is 4.03. The first kappa shape index (κ1) is 42.4. The van der Waals surface area contributed by atoms with Crippen molar-refractivity contribution in [2.45, 2.75) is 91.6 Å². The van der Waals surface area contributed by atoms with Crippen LogP contribution in [0.25, 0.3) is 0 Å². The number of benzene rings is 4. The molecule has 10 nitrogen and oxygen atoms in total. The van der Waals surface area contributed by atoms with Gasteiger partial charge < -0.3 is 10.2 Å². The molecular formula is C55H72N10. The Morgan fingerprint density at radius 1 is 0.385 bits per heavy atom. The van der Waals surface area contributed by atoms with E-state index in [2.05, 4.69) is 135 Å². The van der Waals surface area contributed by atoms with E-state index in [-0.39, 0.29) is 0 Å². The van der Waals surface area contributed by atoms with E-state index in [4.69, 9.17) is 0 Å². The van der Waals surface area contributed by atoms with E-state index in [9.17, 15) is 0 Å². The molecule has 4 fully saturated rings. The van der Waals surface area contributed by atoms with Crippen molar-refractivity contribution in [2.75, 3.05) is 92.1 Å². The molecule has 12 rings (SSSR count). The van der Waals surface area contributed by atoms with E-state index < -0.39 is 0 Å². The van der Waals surface area contributed by atoms with E-state index in [1.807, 2.05) is 0 Å². The standard InChI is InChI=1S/C55H72N10/c1-2-42-13-43-14-46-20-47(15-43)30-58-7-11-63(40-58)35-52-23-53-25-54(24-52)37-65-4-3-56-28-45-18-50(33-61-9-5-57(29-46)38-61)22-51(19-45)34-62-10-6-59(39-62)31-48-16-44(27-55(65)26-42)17-49(21-48)32-60-8-12-64(36-53)41-60/h14-26,42,56H,2-13,27-41H2,1H3/b55-26+. The fourth-order valence-electron chi connectivity index (χ4n) is 12.8. The number of allylic oxidation sites excluding steroid dienone is 2. The zero-order chi connectivity index (χ0) is 43.3. The minimum Gasteiger partial charge on any atom is -0.369 e. The quantitative estimate of drug-likeness (QED) is 0.246. The van der Waals surface area contributed by atoms with Crippen LogP contribution in [-0.2, 0) is 78.3 Å². The van der Waals surface area contributed by atoms with Gasteiger partial charge in [0.1, 0.15) is 0 Å². The molecule has 4 aromatic rings. The Bertz CT molecular complexity index is 2390. The normalized spacial score (nSPS) is 32.1. The molecular weight excluding hydrogens is 801 g/mol. The molecule has 22 bridgehead atoms. The summed E-state index contributed by atoms with van der Waals surface area (Å²) in [5.74, 6) is 0.435. The minimum atomic E-state index is 0.435. The molecule has 10 heteroatoms. The zero-order valence-corrected chi connectivity index (χ0v) is 39.2. The van der Waals surface area contributed by atoms with E-state index in [0.717, 1.165) is 177 Å². The van der Waals surface area contributed by atoms with Crippen molar-refractivity contribution in [1.29, 1.82) is 0 Å². The maximum atomic E-state index is 4.03. The van der Waals surface area contributed by atoms with Crippen molar-refractivity contribution >= 4 is 0 Å². The predicted octanol–water partition coefficient (Wildman–Crippen LogP) is 6.03. The Balaban J connectivity index is 1.03. The van der Waals surface area contributed by atoms with Gasteiger partial charge in [-0.1, -0.05) is 85.8 Å². The van der Waals surface area contributed by atoms with Gasteiger partial charge in [0, 0.05) is 143 Å². The predicted molar refractivity (Wildman–Crippen MR) is 260 cm³/mol. The van der Waals surface area contributed by atoms with Crippen LogP contribution in [0.15, 0.2) is 84.6 Å². The van der Waals surface area contributed by atoms with Crippen molar-refractivity contribution in [3.8, 4) is 0 Å². The third-order valence-corrected chi connectivity index (χ3v) is 15.7. The van der Waals surface area contributed by atoms with E-state index in [0.29, 0.717) is 5.92 Å². The van der Waals surface area contributed by atoms with Crippen LogP contribution >= 0.6 is 0 Å². The molecule has 0 aliphatic carbocycles. The van der Waals surface area contributed by atoms with Crippen LogP contribution in [0.3, 0.4) is 0 Å². The highest BCUT2D eigenvalue weighted by molar-refractivity contribution is 5.37. The Hall–Kier alpha value is -3.94. The first-order valence-electron chi connectivity index (χ1n) is 25.3. The summed E-state index contributed by atoms with van der Waals surface area (Å²) in [6, 6.07) is 30.7. The van der Waals surface area contributed by atoms with Crippen LogP contribution in [0.4, 0.5) is 0 Å². The van der Waals surface area contributed by atoms with E-state index in [1.165, 1.54) is 72.5 Å². The lowest BCUT2D eigenvalue weighted by Crippen LogP contribution is -2.33. The molecule has 342 valence electrons. The molecule has 4 aromatic carbocycles. The summed E-state index contributed by atoms with van der Waals surface area (Å²) in [6.45, 7) is 27.3. The van der Waals surface area contributed by atoms with Gasteiger partial charge in [0.15, 0.2) is 0 Å². The number of hydrogen-bond donors (Lipinski definition) is 1. The zero-order valence-electron chi connectivity index (χ0n) is 39.2. The van der Waals surface area contributed by atoms with Crippen molar-refractivity contribution in [3.05, 3.63) is 151 Å². The van der Waals surface area contributed by atoms with Gasteiger partial charge in [0.2, 0.25) is 0 Å². The largest absolute Gasteiger partial charge is 0.369 e. The molecule has 4 saturated heterocycles. The average molecular weight is 873 g/mol. The molecule has 8 heterocycles. The van der Waals surface area contributed by atoms with E-state index >= 15 is 0 Å². The molecule has 9 atom stereocenters. The molecule has 0 spiro atoms. The maximum absolute atomic E-state index is 4.03. The summed E-state index contributed by atoms with van der Waals surface area (Å²) < 4.78 is 0. The fourth-order valence-corrected chi connectivity index (χ4v) is 12.8. The van der Waals surface area contributed by atoms with Gasteiger partial charge in [-0.3, -0.25) is 39.2 Å². The highest BCUT2D eigenvalue weighted by atomic mass is 15.4. The van der Waals surface area contributed by atoms with Crippen molar-refractivity contribution in [1.82, 2.24) is 49.4 Å². The van der Waals surface area contributed by atoms with Gasteiger partial charge in [-0.25, -0.2) is 0 Å². The molecule has 8 aliphatic rings. The molecule has 65 heavy (non-hydrogen) atoms. The summed E-state index contributed by atoms with van der Waals surface area (Å²) >= 11 is 0. The summed E-state index contributed by atoms with van der Waals surface area (Å²) in [4.78, 5) is 24.4. The second-order valence-electron chi connectivity index (χ2n) is 21.4. The lowest BCUT2D eigenvalue weighted by Gasteiger charge is -2.31. The van der Waals surface area contributed by atoms with Crippen molar-refractivity contribution in [2.24, 2.45) is 5.92 Å². The van der Waals surface area contributed by atoms with Crippen LogP contribution in [0.1, 0.15) is 80.1 Å². The smallest absolute Gasteiger partial charge is 0.0513 e. The van der Waals surface area contributed by atoms with Gasteiger partial charge in [-0.05, 0) is 85.5 Å². The second-order valence-corrected chi connectivity index (χ2v) is 21.4. The third-order valence-electron chi connectivity index (χ3n) is 15.7. The Morgan fingerprint density at radius 3 is 1.08 bits per heavy atom. The van der Waals surface area contributed by atoms with Crippen LogP contribution in [0.5, 0.6) is 0 Å². The topological polar surface area (TPSA) is 41.2 Å². The lowest BCUT2D eigenvalue weighted by molar-refractivity contribution is 0.230. The molecule has 0 saturated carbocycles. The van der Waals surface area contributed by atoms with E-state index in [1.54, 1.807) is 0 Å². The highest BCUT2D eigenvalue weighted by Gasteiger charge is 2.28. The number of nitrogens with one attached hydrogen (secondary N) is 1. The Morgan fingerprint density at radius 2 is 0.708 bits per heavy atom. The molecule has 9 unspecified atom stereocenters. The summed E-state index contributed by atoms with van der Waals surface area (Å²) in [6.07, 6.45) is 5.89. The van der Waals surface area contributed by atoms with Crippen LogP contribution in [-0.4, -0.2) is 136 Å². The average Bonchev–Trinajstić information content (AvgIpc) is 4.10. The summed E-state index contributed by atoms with van der Waals surface area (Å²) in [7, 11) is 0. The maximum Gasteiger partial charge on any atom is 0.0513 e. The molecule has 0 amide bonds. The molecule has 1 N–H and O–H groups in total. The highest BCUT2D eigenvalue weighted by Crippen LogP contribution is 2.30. The number of nitrogens with zero attached hydrogens (tertiary/aromatic N) is 9. The summed E-state index contributed by atoms with van der Waals surface area (Å²) in [5.41, 5.74) is 19.2. The second kappa shape index (κ2) is 18.6. The van der Waals surface area contributed by atoms with Gasteiger partial charge in [0.05, 0.1) is 26.7 Å². The van der Waals surface area contributed by atoms with Gasteiger partial charge in [0.25, 0.3) is 0 Å². The molecule has 8 aliphatic heterocycles. The Kier molecular flexibility index (Phi) is 12.2. The van der Waals surface area contributed by atoms with Gasteiger partial charge in [-0.2, -0.15) is 0 Å². The van der Waals surface area contributed by atoms with Crippen LogP contribution in [0, 0.1) is 5.92 Å². The molecule has 0 radical (unpaired) electrons. The van der Waals surface area contributed by atoms with Gasteiger partial charge in [-0.15, -0.1) is 0 Å². The fraction of sp³-hybridized carbons (Fsp3) is 0.527. The van der Waals surface area contributed by atoms with Crippen molar-refractivity contribution in [3.63, 3.8) is 0 Å². The van der Waals surface area contributed by atoms with Crippen LogP contribution in [0.2, 0.25) is 0 Å². The number of rotatable bonds is 1. The monoisotopic (exact) mass is 873 g/mol. The third kappa shape index (κ3) is 10.2. The van der Waals surface area contributed by atoms with Gasteiger partial charge >= 0.3 is 0 Å². The number of hydrogen-bond acceptors (Lipinski definition) is 10. The number of fused-ring (bicyclic) bond motifs is 21. The first-order valence-corrected chi connectivity index (χ1v) is 25.3. The Labute approximate surface area is 389 Å². The molecule has 0 aromatic heterocycles. The first-order chi connectivity index (χ1) is 31.9. The van der Waals surface area contributed by atoms with Crippen molar-refractivity contribution < 1.29 is 0 Å².